The van der Waals surface area contributed by atoms with Crippen molar-refractivity contribution in [2.45, 2.75) is 0 Å². The van der Waals surface area contributed by atoms with Gasteiger partial charge in [-0.2, -0.15) is 10.2 Å². The van der Waals surface area contributed by atoms with Crippen molar-refractivity contribution >= 4 is 22.8 Å². The van der Waals surface area contributed by atoms with E-state index >= 15 is 0 Å². The largest absolute Gasteiger partial charge is 0.459 e. The first-order chi connectivity index (χ1) is 14.2. The second-order valence-corrected chi connectivity index (χ2v) is 6.68. The Kier molecular flexibility index (Phi) is 4.02. The third-order valence-corrected chi connectivity index (χ3v) is 4.97. The Labute approximate surface area is 165 Å². The minimum absolute atomic E-state index is 0.0319. The molecule has 0 aliphatic carbocycles. The summed E-state index contributed by atoms with van der Waals surface area (Å²) < 4.78 is 11.1. The zero-order chi connectivity index (χ0) is 19.8. The molecule has 1 aliphatic heterocycles. The predicted molar refractivity (Wildman–Crippen MR) is 103 cm³/mol. The molecule has 0 bridgehead atoms. The summed E-state index contributed by atoms with van der Waals surface area (Å²) in [4.78, 5) is 28.0. The number of rotatable bonds is 3. The summed E-state index contributed by atoms with van der Waals surface area (Å²) in [7, 11) is 0. The van der Waals surface area contributed by atoms with Crippen molar-refractivity contribution in [2.24, 2.45) is 0 Å². The molecule has 0 unspecified atom stereocenters. The normalized spacial score (nSPS) is 14.3. The highest BCUT2D eigenvalue weighted by Crippen LogP contribution is 2.29. The second kappa shape index (κ2) is 6.83. The molecule has 1 saturated heterocycles. The smallest absolute Gasteiger partial charge is 0.266 e. The van der Waals surface area contributed by atoms with E-state index in [1.165, 1.54) is 6.26 Å². The molecule has 1 aromatic carbocycles. The van der Waals surface area contributed by atoms with Gasteiger partial charge in [0.2, 0.25) is 11.6 Å². The molecule has 1 aliphatic rings. The fourth-order valence-electron chi connectivity index (χ4n) is 3.47. The first kappa shape index (κ1) is 17.1. The van der Waals surface area contributed by atoms with Gasteiger partial charge in [0.15, 0.2) is 5.76 Å². The van der Waals surface area contributed by atoms with Crippen LogP contribution in [0.4, 0.5) is 5.88 Å². The summed E-state index contributed by atoms with van der Waals surface area (Å²) in [6, 6.07) is 11.0. The molecule has 1 fully saturated rings. The molecule has 0 atom stereocenters. The fraction of sp³-hybridized carbons (Fsp3) is 0.200. The van der Waals surface area contributed by atoms with Gasteiger partial charge >= 0.3 is 0 Å². The number of nitrogens with one attached hydrogen (secondary N) is 1. The van der Waals surface area contributed by atoms with Gasteiger partial charge in [-0.15, -0.1) is 0 Å². The molecular weight excluding hydrogens is 372 g/mol. The molecular formula is C20H16N6O3. The number of furan rings is 1. The van der Waals surface area contributed by atoms with Crippen LogP contribution in [0.2, 0.25) is 0 Å². The Balaban J connectivity index is 1.31. The number of hydrogen-bond donors (Lipinski definition) is 1. The number of fused-ring (bicyclic) bond motifs is 1. The van der Waals surface area contributed by atoms with Crippen LogP contribution in [0.5, 0.6) is 0 Å². The third-order valence-electron chi connectivity index (χ3n) is 4.97. The molecule has 3 aromatic heterocycles. The minimum atomic E-state index is -0.0319. The van der Waals surface area contributed by atoms with Crippen LogP contribution in [0.15, 0.2) is 51.8 Å². The number of carbonyl (C=O) groups excluding carboxylic acids is 1. The first-order valence-electron chi connectivity index (χ1n) is 9.15. The maximum atomic E-state index is 12.9. The summed E-state index contributed by atoms with van der Waals surface area (Å²) in [5.41, 5.74) is 2.49. The van der Waals surface area contributed by atoms with Crippen molar-refractivity contribution in [1.82, 2.24) is 19.9 Å². The molecule has 1 N–H and O–H groups in total. The number of nitriles is 1. The molecule has 9 nitrogen and oxygen atoms in total. The quantitative estimate of drug-likeness (QED) is 0.573. The SMILES string of the molecule is N#Cc1nc(-c2ccco2)oc1N1CCN(C(=O)c2ccc3nc[nH]c3c2)CC1. The van der Waals surface area contributed by atoms with Crippen LogP contribution in [0.3, 0.4) is 0 Å². The van der Waals surface area contributed by atoms with Crippen LogP contribution in [0.25, 0.3) is 22.7 Å². The number of H-pyrrole nitrogens is 1. The topological polar surface area (TPSA) is 115 Å². The summed E-state index contributed by atoms with van der Waals surface area (Å²) in [6.45, 7) is 2.11. The predicted octanol–water partition coefficient (Wildman–Crippen LogP) is 2.64. The van der Waals surface area contributed by atoms with Crippen LogP contribution in [0.1, 0.15) is 16.1 Å². The van der Waals surface area contributed by atoms with E-state index in [2.05, 4.69) is 21.0 Å². The molecule has 9 heteroatoms. The Bertz CT molecular complexity index is 1210. The van der Waals surface area contributed by atoms with E-state index in [1.807, 2.05) is 17.0 Å². The van der Waals surface area contributed by atoms with Gasteiger partial charge in [0.1, 0.15) is 6.07 Å². The number of piperazine rings is 1. The van der Waals surface area contributed by atoms with Crippen LogP contribution in [-0.2, 0) is 0 Å². The molecule has 144 valence electrons. The Hall–Kier alpha value is -4.06. The van der Waals surface area contributed by atoms with Crippen LogP contribution >= 0.6 is 0 Å². The second-order valence-electron chi connectivity index (χ2n) is 6.68. The van der Waals surface area contributed by atoms with Gasteiger partial charge in [-0.05, 0) is 30.3 Å². The van der Waals surface area contributed by atoms with E-state index in [-0.39, 0.29) is 17.5 Å². The van der Waals surface area contributed by atoms with Gasteiger partial charge in [0.05, 0.1) is 23.6 Å². The van der Waals surface area contributed by atoms with E-state index in [1.54, 1.807) is 29.4 Å². The average Bonchev–Trinajstić information content (AvgIpc) is 3.52. The molecule has 0 spiro atoms. The lowest BCUT2D eigenvalue weighted by molar-refractivity contribution is 0.0745. The monoisotopic (exact) mass is 388 g/mol. The number of carbonyl (C=O) groups is 1. The van der Waals surface area contributed by atoms with E-state index < -0.39 is 0 Å². The maximum Gasteiger partial charge on any atom is 0.266 e. The van der Waals surface area contributed by atoms with Crippen molar-refractivity contribution in [3.05, 3.63) is 54.2 Å². The number of anilines is 1. The molecule has 5 rings (SSSR count). The van der Waals surface area contributed by atoms with E-state index in [0.717, 1.165) is 11.0 Å². The lowest BCUT2D eigenvalue weighted by Crippen LogP contribution is -2.48. The fourth-order valence-corrected chi connectivity index (χ4v) is 3.47. The van der Waals surface area contributed by atoms with E-state index in [9.17, 15) is 10.1 Å². The molecule has 4 aromatic rings. The summed E-state index contributed by atoms with van der Waals surface area (Å²) in [6.07, 6.45) is 3.13. The molecule has 0 saturated carbocycles. The van der Waals surface area contributed by atoms with Crippen molar-refractivity contribution in [2.75, 3.05) is 31.1 Å². The Morgan fingerprint density at radius 2 is 2.07 bits per heavy atom. The number of aromatic nitrogens is 3. The van der Waals surface area contributed by atoms with Gasteiger partial charge in [-0.25, -0.2) is 4.98 Å². The number of benzene rings is 1. The standard InChI is InChI=1S/C20H16N6O3/c21-11-16-20(29-18(24-16)17-2-1-9-28-17)26-7-5-25(6-8-26)19(27)13-3-4-14-15(10-13)23-12-22-14/h1-4,9-10,12H,5-8H2,(H,22,23). The van der Waals surface area contributed by atoms with E-state index in [4.69, 9.17) is 8.83 Å². The van der Waals surface area contributed by atoms with Gasteiger partial charge < -0.3 is 23.6 Å². The lowest BCUT2D eigenvalue weighted by atomic mass is 10.1. The number of aromatic amines is 1. The highest BCUT2D eigenvalue weighted by atomic mass is 16.4. The van der Waals surface area contributed by atoms with Gasteiger partial charge in [0, 0.05) is 31.7 Å². The summed E-state index contributed by atoms with van der Waals surface area (Å²) in [5.74, 6) is 1.11. The van der Waals surface area contributed by atoms with E-state index in [0.29, 0.717) is 43.4 Å². The number of oxazole rings is 1. The number of imidazole rings is 1. The van der Waals surface area contributed by atoms with Crippen LogP contribution < -0.4 is 4.90 Å². The molecule has 1 amide bonds. The van der Waals surface area contributed by atoms with Crippen LogP contribution in [0, 0.1) is 11.3 Å². The number of amides is 1. The summed E-state index contributed by atoms with van der Waals surface area (Å²) >= 11 is 0. The molecule has 29 heavy (non-hydrogen) atoms. The third kappa shape index (κ3) is 3.00. The average molecular weight is 388 g/mol. The van der Waals surface area contributed by atoms with Crippen LogP contribution in [-0.4, -0.2) is 51.9 Å². The Morgan fingerprint density at radius 1 is 1.21 bits per heavy atom. The van der Waals surface area contributed by atoms with Gasteiger partial charge in [-0.1, -0.05) is 0 Å². The number of nitrogens with zero attached hydrogens (tertiary/aromatic N) is 5. The van der Waals surface area contributed by atoms with Crippen molar-refractivity contribution in [3.63, 3.8) is 0 Å². The number of hydrogen-bond acceptors (Lipinski definition) is 7. The highest BCUT2D eigenvalue weighted by Gasteiger charge is 2.27. The maximum absolute atomic E-state index is 12.9. The van der Waals surface area contributed by atoms with Crippen molar-refractivity contribution < 1.29 is 13.6 Å². The first-order valence-corrected chi connectivity index (χ1v) is 9.15. The van der Waals surface area contributed by atoms with Gasteiger partial charge in [-0.3, -0.25) is 4.79 Å². The molecule has 4 heterocycles. The Morgan fingerprint density at radius 3 is 2.83 bits per heavy atom. The van der Waals surface area contributed by atoms with Gasteiger partial charge in [0.25, 0.3) is 11.8 Å². The molecule has 0 radical (unpaired) electrons. The van der Waals surface area contributed by atoms with Crippen molar-refractivity contribution in [1.29, 1.82) is 5.26 Å². The minimum Gasteiger partial charge on any atom is -0.459 e. The summed E-state index contributed by atoms with van der Waals surface area (Å²) in [5, 5.41) is 9.42. The zero-order valence-electron chi connectivity index (χ0n) is 15.3. The lowest BCUT2D eigenvalue weighted by Gasteiger charge is -2.34. The highest BCUT2D eigenvalue weighted by molar-refractivity contribution is 5.97. The van der Waals surface area contributed by atoms with Crippen molar-refractivity contribution in [3.8, 4) is 17.7 Å². The zero-order valence-corrected chi connectivity index (χ0v) is 15.3.